The molecule has 114 valence electrons. The molecule has 1 aromatic carbocycles. The van der Waals surface area contributed by atoms with Gasteiger partial charge in [0.15, 0.2) is 5.58 Å². The smallest absolute Gasteiger partial charge is 0.419 e. The quantitative estimate of drug-likeness (QED) is 0.813. The average molecular weight is 292 g/mol. The Bertz CT molecular complexity index is 688. The van der Waals surface area contributed by atoms with Crippen LogP contribution in [-0.4, -0.2) is 27.7 Å². The van der Waals surface area contributed by atoms with Crippen molar-refractivity contribution < 1.29 is 14.3 Å². The van der Waals surface area contributed by atoms with Crippen molar-refractivity contribution in [1.82, 2.24) is 9.88 Å². The zero-order chi connectivity index (χ0) is 15.5. The van der Waals surface area contributed by atoms with E-state index >= 15 is 0 Å². The highest BCUT2D eigenvalue weighted by atomic mass is 16.4. The van der Waals surface area contributed by atoms with E-state index in [4.69, 9.17) is 4.42 Å². The Morgan fingerprint density at radius 1 is 1.43 bits per heavy atom. The molecule has 0 aliphatic heterocycles. The lowest BCUT2D eigenvalue weighted by Gasteiger charge is -2.25. The van der Waals surface area contributed by atoms with Crippen molar-refractivity contribution in [2.45, 2.75) is 38.8 Å². The maximum absolute atomic E-state index is 11.8. The van der Waals surface area contributed by atoms with E-state index in [-0.39, 0.29) is 0 Å². The number of hydrogen-bond acceptors (Lipinski definition) is 4. The number of fused-ring (bicyclic) bond motifs is 1. The third-order valence-electron chi connectivity index (χ3n) is 3.65. The van der Waals surface area contributed by atoms with Crippen LogP contribution >= 0.6 is 0 Å². The van der Waals surface area contributed by atoms with Crippen LogP contribution in [0.1, 0.15) is 26.7 Å². The zero-order valence-electron chi connectivity index (χ0n) is 12.3. The third kappa shape index (κ3) is 3.16. The van der Waals surface area contributed by atoms with Crippen molar-refractivity contribution in [3.8, 4) is 0 Å². The second-order valence-electron chi connectivity index (χ2n) is 5.30. The van der Waals surface area contributed by atoms with Crippen molar-refractivity contribution in [3.63, 3.8) is 0 Å². The molecule has 0 fully saturated rings. The summed E-state index contributed by atoms with van der Waals surface area (Å²) in [5.74, 6) is -1.31. The molecule has 1 heterocycles. The molecule has 0 saturated heterocycles. The summed E-state index contributed by atoms with van der Waals surface area (Å²) in [7, 11) is 0. The fourth-order valence-electron chi connectivity index (χ4n) is 2.44. The van der Waals surface area contributed by atoms with Gasteiger partial charge in [0.2, 0.25) is 0 Å². The van der Waals surface area contributed by atoms with Gasteiger partial charge in [-0.15, -0.1) is 0 Å². The molecular weight excluding hydrogens is 272 g/mol. The summed E-state index contributed by atoms with van der Waals surface area (Å²) in [6.45, 7) is 4.35. The Balaban J connectivity index is 2.10. The maximum Gasteiger partial charge on any atom is 0.419 e. The van der Waals surface area contributed by atoms with Gasteiger partial charge in [-0.25, -0.2) is 4.79 Å². The maximum atomic E-state index is 11.8. The lowest BCUT2D eigenvalue weighted by molar-refractivity contribution is -0.144. The number of para-hydroxylation sites is 2. The number of carbonyl (C=O) groups is 1. The largest absolute Gasteiger partial charge is 0.480 e. The molecule has 1 unspecified atom stereocenters. The minimum absolute atomic E-state index is 0.364. The van der Waals surface area contributed by atoms with Crippen molar-refractivity contribution in [2.24, 2.45) is 0 Å². The first-order valence-electron chi connectivity index (χ1n) is 7.05. The van der Waals surface area contributed by atoms with Crippen molar-refractivity contribution in [2.75, 3.05) is 6.54 Å². The summed E-state index contributed by atoms with van der Waals surface area (Å²) in [4.78, 5) is 23.1. The van der Waals surface area contributed by atoms with Gasteiger partial charge >= 0.3 is 11.7 Å². The first-order valence-corrected chi connectivity index (χ1v) is 7.05. The van der Waals surface area contributed by atoms with Crippen LogP contribution in [0.2, 0.25) is 0 Å². The highest BCUT2D eigenvalue weighted by Crippen LogP contribution is 2.14. The lowest BCUT2D eigenvalue weighted by Crippen LogP contribution is -2.50. The molecule has 0 amide bonds. The molecule has 0 spiro atoms. The topological polar surface area (TPSA) is 84.5 Å². The number of carboxylic acids is 1. The number of rotatable bonds is 7. The van der Waals surface area contributed by atoms with Gasteiger partial charge in [-0.05, 0) is 25.5 Å². The van der Waals surface area contributed by atoms with E-state index in [9.17, 15) is 14.7 Å². The van der Waals surface area contributed by atoms with E-state index in [2.05, 4.69) is 5.32 Å². The standard InChI is InChI=1S/C15H20N2O4/c1-3-8-15(2,13(18)19)16-9-10-17-11-6-4-5-7-12(11)21-14(17)20/h4-7,16H,3,8-10H2,1-2H3,(H,18,19). The molecule has 2 aromatic rings. The highest BCUT2D eigenvalue weighted by Gasteiger charge is 2.31. The SMILES string of the molecule is CCCC(C)(NCCn1c(=O)oc2ccccc21)C(=O)O. The second-order valence-corrected chi connectivity index (χ2v) is 5.30. The first-order chi connectivity index (χ1) is 9.98. The minimum atomic E-state index is -0.974. The fraction of sp³-hybridized carbons (Fsp3) is 0.467. The van der Waals surface area contributed by atoms with E-state index < -0.39 is 17.3 Å². The predicted octanol–water partition coefficient (Wildman–Crippen LogP) is 1.83. The van der Waals surface area contributed by atoms with Gasteiger partial charge in [0.1, 0.15) is 5.54 Å². The summed E-state index contributed by atoms with van der Waals surface area (Å²) in [5.41, 5.74) is 0.284. The van der Waals surface area contributed by atoms with Crippen molar-refractivity contribution >= 4 is 17.1 Å². The van der Waals surface area contributed by atoms with E-state index in [1.807, 2.05) is 19.1 Å². The lowest BCUT2D eigenvalue weighted by atomic mass is 9.96. The molecule has 1 aromatic heterocycles. The number of nitrogens with zero attached hydrogens (tertiary/aromatic N) is 1. The summed E-state index contributed by atoms with van der Waals surface area (Å²) in [6.07, 6.45) is 1.30. The number of nitrogens with one attached hydrogen (secondary N) is 1. The van der Waals surface area contributed by atoms with Crippen LogP contribution in [0.4, 0.5) is 0 Å². The Morgan fingerprint density at radius 3 is 2.81 bits per heavy atom. The summed E-state index contributed by atoms with van der Waals surface area (Å²) < 4.78 is 6.65. The molecule has 21 heavy (non-hydrogen) atoms. The molecule has 0 saturated carbocycles. The number of oxazole rings is 1. The van der Waals surface area contributed by atoms with Gasteiger partial charge in [0.05, 0.1) is 5.52 Å². The molecule has 6 nitrogen and oxygen atoms in total. The number of aliphatic carboxylic acids is 1. The van der Waals surface area contributed by atoms with Gasteiger partial charge in [0, 0.05) is 13.1 Å². The average Bonchev–Trinajstić information content (AvgIpc) is 2.75. The Kier molecular flexibility index (Phi) is 4.47. The number of aromatic nitrogens is 1. The van der Waals surface area contributed by atoms with Crippen molar-refractivity contribution in [1.29, 1.82) is 0 Å². The van der Waals surface area contributed by atoms with Crippen LogP contribution in [0.3, 0.4) is 0 Å². The predicted molar refractivity (Wildman–Crippen MR) is 79.4 cm³/mol. The molecule has 2 N–H and O–H groups in total. The second kappa shape index (κ2) is 6.13. The van der Waals surface area contributed by atoms with Crippen LogP contribution in [0.5, 0.6) is 0 Å². The van der Waals surface area contributed by atoms with E-state index in [0.717, 1.165) is 11.9 Å². The van der Waals surface area contributed by atoms with Gasteiger partial charge in [-0.1, -0.05) is 25.5 Å². The van der Waals surface area contributed by atoms with Crippen LogP contribution in [0.25, 0.3) is 11.1 Å². The summed E-state index contributed by atoms with van der Waals surface area (Å²) in [5, 5.41) is 12.3. The molecule has 0 radical (unpaired) electrons. The Hall–Kier alpha value is -2.08. The van der Waals surface area contributed by atoms with Gasteiger partial charge in [-0.2, -0.15) is 0 Å². The number of benzene rings is 1. The van der Waals surface area contributed by atoms with Gasteiger partial charge in [0.25, 0.3) is 0 Å². The molecule has 1 atom stereocenters. The Morgan fingerprint density at radius 2 is 2.14 bits per heavy atom. The number of hydrogen-bond donors (Lipinski definition) is 2. The number of carboxylic acid groups (broad SMARTS) is 1. The monoisotopic (exact) mass is 292 g/mol. The molecule has 2 rings (SSSR count). The Labute approximate surface area is 122 Å². The molecule has 0 aliphatic carbocycles. The van der Waals surface area contributed by atoms with E-state index in [1.165, 1.54) is 4.57 Å². The normalized spacial score (nSPS) is 14.2. The zero-order valence-corrected chi connectivity index (χ0v) is 12.3. The van der Waals surface area contributed by atoms with E-state index in [1.54, 1.807) is 19.1 Å². The summed E-state index contributed by atoms with van der Waals surface area (Å²) in [6, 6.07) is 7.18. The van der Waals surface area contributed by atoms with Gasteiger partial charge in [-0.3, -0.25) is 9.36 Å². The van der Waals surface area contributed by atoms with E-state index in [0.29, 0.717) is 25.1 Å². The molecular formula is C15H20N2O4. The van der Waals surface area contributed by atoms with Crippen LogP contribution in [-0.2, 0) is 11.3 Å². The van der Waals surface area contributed by atoms with Crippen LogP contribution in [0, 0.1) is 0 Å². The van der Waals surface area contributed by atoms with Crippen molar-refractivity contribution in [3.05, 3.63) is 34.8 Å². The summed E-state index contributed by atoms with van der Waals surface area (Å²) >= 11 is 0. The molecule has 6 heteroatoms. The first kappa shape index (κ1) is 15.3. The third-order valence-corrected chi connectivity index (χ3v) is 3.65. The fourth-order valence-corrected chi connectivity index (χ4v) is 2.44. The van der Waals surface area contributed by atoms with Gasteiger partial charge < -0.3 is 14.8 Å². The van der Waals surface area contributed by atoms with Crippen LogP contribution in [0.15, 0.2) is 33.5 Å². The minimum Gasteiger partial charge on any atom is -0.480 e. The molecule has 0 bridgehead atoms. The molecule has 0 aliphatic rings. The van der Waals surface area contributed by atoms with Crippen LogP contribution < -0.4 is 11.1 Å². The highest BCUT2D eigenvalue weighted by molar-refractivity contribution is 5.78.